The average molecular weight is 413 g/mol. The van der Waals surface area contributed by atoms with Gasteiger partial charge in [0.1, 0.15) is 4.32 Å². The van der Waals surface area contributed by atoms with Gasteiger partial charge in [-0.05, 0) is 31.9 Å². The van der Waals surface area contributed by atoms with Crippen molar-refractivity contribution >= 4 is 45.9 Å². The molecule has 1 fully saturated rings. The van der Waals surface area contributed by atoms with E-state index in [2.05, 4.69) is 10.2 Å². The van der Waals surface area contributed by atoms with Gasteiger partial charge in [-0.3, -0.25) is 9.59 Å². The minimum Gasteiger partial charge on any atom is -0.493 e. The first-order chi connectivity index (χ1) is 12.9. The molecule has 1 aliphatic heterocycles. The van der Waals surface area contributed by atoms with Crippen molar-refractivity contribution in [2.75, 3.05) is 38.4 Å². The highest BCUT2D eigenvalue weighted by Crippen LogP contribution is 2.29. The molecule has 0 aromatic heterocycles. The summed E-state index contributed by atoms with van der Waals surface area (Å²) in [5.74, 6) is 0.232. The van der Waals surface area contributed by atoms with Gasteiger partial charge in [-0.1, -0.05) is 24.0 Å². The van der Waals surface area contributed by atoms with Gasteiger partial charge in [-0.25, -0.2) is 0 Å². The number of likely N-dealkylation sites (tertiary alicyclic amines) is 1. The molecule has 0 aliphatic carbocycles. The van der Waals surface area contributed by atoms with Crippen molar-refractivity contribution in [2.45, 2.75) is 25.9 Å². The molecule has 27 heavy (non-hydrogen) atoms. The summed E-state index contributed by atoms with van der Waals surface area (Å²) in [6.07, 6.45) is 1.32. The van der Waals surface area contributed by atoms with Crippen molar-refractivity contribution in [1.82, 2.24) is 4.90 Å². The molecule has 7 nitrogen and oxygen atoms in total. The second-order valence-corrected chi connectivity index (χ2v) is 7.55. The van der Waals surface area contributed by atoms with Gasteiger partial charge >= 0.3 is 5.97 Å². The molecular formula is C18H24N2O5S2. The molecule has 0 radical (unpaired) electrons. The van der Waals surface area contributed by atoms with Gasteiger partial charge in [-0.15, -0.1) is 0 Å². The summed E-state index contributed by atoms with van der Waals surface area (Å²) < 4.78 is 16.2. The molecule has 1 aromatic rings. The molecule has 1 aliphatic rings. The summed E-state index contributed by atoms with van der Waals surface area (Å²) in [6.45, 7) is 3.40. The van der Waals surface area contributed by atoms with Gasteiger partial charge in [-0.2, -0.15) is 0 Å². The van der Waals surface area contributed by atoms with Crippen LogP contribution in [0.1, 0.15) is 19.8 Å². The van der Waals surface area contributed by atoms with E-state index in [4.69, 9.17) is 26.4 Å². The Balaban J connectivity index is 1.80. The minimum absolute atomic E-state index is 0.0866. The molecule has 0 unspecified atom stereocenters. The third-order valence-corrected chi connectivity index (χ3v) is 5.50. The number of thioether (sulfide) groups is 1. The van der Waals surface area contributed by atoms with E-state index in [-0.39, 0.29) is 5.75 Å². The Kier molecular flexibility index (Phi) is 8.18. The average Bonchev–Trinajstić information content (AvgIpc) is 3.20. The van der Waals surface area contributed by atoms with E-state index < -0.39 is 18.0 Å². The lowest BCUT2D eigenvalue weighted by atomic mass is 10.2. The highest BCUT2D eigenvalue weighted by Gasteiger charge is 2.21. The van der Waals surface area contributed by atoms with Gasteiger partial charge in [0, 0.05) is 24.8 Å². The Labute approximate surface area is 168 Å². The smallest absolute Gasteiger partial charge is 0.317 e. The van der Waals surface area contributed by atoms with E-state index in [9.17, 15) is 9.59 Å². The summed E-state index contributed by atoms with van der Waals surface area (Å²) in [7, 11) is 3.04. The molecule has 1 aromatic carbocycles. The number of ether oxygens (including phenoxy) is 3. The number of hydrogen-bond acceptors (Lipinski definition) is 7. The number of methoxy groups -OCH3 is 2. The van der Waals surface area contributed by atoms with Crippen molar-refractivity contribution in [2.24, 2.45) is 0 Å². The van der Waals surface area contributed by atoms with E-state index in [0.29, 0.717) is 21.5 Å². The minimum atomic E-state index is -0.924. The Morgan fingerprint density at radius 1 is 1.22 bits per heavy atom. The maximum Gasteiger partial charge on any atom is 0.317 e. The number of carbonyl (C=O) groups excluding carboxylic acids is 2. The van der Waals surface area contributed by atoms with E-state index in [1.54, 1.807) is 18.2 Å². The zero-order chi connectivity index (χ0) is 19.8. The van der Waals surface area contributed by atoms with Gasteiger partial charge < -0.3 is 24.4 Å². The number of thiocarbonyl (C=S) groups is 1. The van der Waals surface area contributed by atoms with Crippen molar-refractivity contribution < 1.29 is 23.8 Å². The van der Waals surface area contributed by atoms with Crippen LogP contribution >= 0.6 is 24.0 Å². The lowest BCUT2D eigenvalue weighted by molar-refractivity contribution is -0.150. The Hall–Kier alpha value is -2.00. The summed E-state index contributed by atoms with van der Waals surface area (Å²) in [6, 6.07) is 4.99. The highest BCUT2D eigenvalue weighted by molar-refractivity contribution is 8.23. The summed E-state index contributed by atoms with van der Waals surface area (Å²) in [5.41, 5.74) is 0.519. The van der Waals surface area contributed by atoms with Crippen LogP contribution in [0.5, 0.6) is 11.5 Å². The Morgan fingerprint density at radius 3 is 2.52 bits per heavy atom. The first-order valence-corrected chi connectivity index (χ1v) is 9.98. The molecule has 9 heteroatoms. The number of esters is 1. The number of nitrogens with zero attached hydrogens (tertiary/aromatic N) is 1. The van der Waals surface area contributed by atoms with Gasteiger partial charge in [0.15, 0.2) is 17.6 Å². The van der Waals surface area contributed by atoms with Gasteiger partial charge in [0.2, 0.25) is 0 Å². The van der Waals surface area contributed by atoms with Crippen LogP contribution < -0.4 is 14.8 Å². The standard InChI is InChI=1S/C18H24N2O5S2/c1-12(25-16(21)11-27-18(26)20-8-4-5-9-20)17(22)19-13-6-7-14(23-2)15(10-13)24-3/h6-7,10,12H,4-5,8-9,11H2,1-3H3,(H,19,22)/t12-/m0/s1. The normalized spacial score (nSPS) is 14.4. The summed E-state index contributed by atoms with van der Waals surface area (Å²) in [4.78, 5) is 26.3. The highest BCUT2D eigenvalue weighted by atomic mass is 32.2. The molecule has 1 N–H and O–H groups in total. The van der Waals surface area contributed by atoms with Crippen LogP contribution in [0.25, 0.3) is 0 Å². The molecule has 0 bridgehead atoms. The van der Waals surface area contributed by atoms with Crippen LogP contribution in [0.2, 0.25) is 0 Å². The maximum absolute atomic E-state index is 12.2. The predicted octanol–water partition coefficient (Wildman–Crippen LogP) is 2.69. The fraction of sp³-hybridized carbons (Fsp3) is 0.500. The number of carbonyl (C=O) groups is 2. The molecule has 148 valence electrons. The molecular weight excluding hydrogens is 388 g/mol. The zero-order valence-corrected chi connectivity index (χ0v) is 17.3. The van der Waals surface area contributed by atoms with Crippen LogP contribution in [-0.4, -0.2) is 60.3 Å². The fourth-order valence-corrected chi connectivity index (χ4v) is 3.59. The number of benzene rings is 1. The lowest BCUT2D eigenvalue weighted by Crippen LogP contribution is -2.31. The number of amides is 1. The van der Waals surface area contributed by atoms with E-state index in [1.807, 2.05) is 0 Å². The second-order valence-electron chi connectivity index (χ2n) is 5.94. The maximum atomic E-state index is 12.2. The molecule has 0 saturated carbocycles. The second kappa shape index (κ2) is 10.4. The first kappa shape index (κ1) is 21.3. The Morgan fingerprint density at radius 2 is 1.89 bits per heavy atom. The van der Waals surface area contributed by atoms with Crippen LogP contribution in [-0.2, 0) is 14.3 Å². The van der Waals surface area contributed by atoms with Crippen LogP contribution in [0.4, 0.5) is 5.69 Å². The number of nitrogens with one attached hydrogen (secondary N) is 1. The largest absolute Gasteiger partial charge is 0.493 e. The molecule has 0 spiro atoms. The van der Waals surface area contributed by atoms with E-state index >= 15 is 0 Å². The number of hydrogen-bond donors (Lipinski definition) is 1. The number of rotatable bonds is 7. The van der Waals surface area contributed by atoms with Crippen LogP contribution in [0.3, 0.4) is 0 Å². The molecule has 1 amide bonds. The van der Waals surface area contributed by atoms with E-state index in [0.717, 1.165) is 25.9 Å². The van der Waals surface area contributed by atoms with Crippen molar-refractivity contribution in [1.29, 1.82) is 0 Å². The third-order valence-electron chi connectivity index (χ3n) is 4.01. The topological polar surface area (TPSA) is 77.1 Å². The quantitative estimate of drug-likeness (QED) is 0.541. The van der Waals surface area contributed by atoms with Crippen molar-refractivity contribution in [3.8, 4) is 11.5 Å². The van der Waals surface area contributed by atoms with Crippen LogP contribution in [0, 0.1) is 0 Å². The van der Waals surface area contributed by atoms with Gasteiger partial charge in [0.25, 0.3) is 5.91 Å². The van der Waals surface area contributed by atoms with Crippen LogP contribution in [0.15, 0.2) is 18.2 Å². The van der Waals surface area contributed by atoms with E-state index in [1.165, 1.54) is 32.9 Å². The number of anilines is 1. The Bertz CT molecular complexity index is 692. The summed E-state index contributed by atoms with van der Waals surface area (Å²) in [5, 5.41) is 2.69. The van der Waals surface area contributed by atoms with Crippen molar-refractivity contribution in [3.63, 3.8) is 0 Å². The lowest BCUT2D eigenvalue weighted by Gasteiger charge is -2.18. The first-order valence-electron chi connectivity index (χ1n) is 8.58. The zero-order valence-electron chi connectivity index (χ0n) is 15.6. The van der Waals surface area contributed by atoms with Crippen molar-refractivity contribution in [3.05, 3.63) is 18.2 Å². The molecule has 1 saturated heterocycles. The molecule has 1 heterocycles. The summed E-state index contributed by atoms with van der Waals surface area (Å²) >= 11 is 6.58. The molecule has 1 atom stereocenters. The van der Waals surface area contributed by atoms with Gasteiger partial charge in [0.05, 0.1) is 20.0 Å². The fourth-order valence-electron chi connectivity index (χ4n) is 2.55. The molecule has 2 rings (SSSR count). The third kappa shape index (κ3) is 6.28. The SMILES string of the molecule is COc1ccc(NC(=O)[C@H](C)OC(=O)CSC(=S)N2CCCC2)cc1OC. The predicted molar refractivity (Wildman–Crippen MR) is 110 cm³/mol. The monoisotopic (exact) mass is 412 g/mol.